The van der Waals surface area contributed by atoms with Gasteiger partial charge in [-0.25, -0.2) is 0 Å². The minimum absolute atomic E-state index is 0.394. The van der Waals surface area contributed by atoms with E-state index in [4.69, 9.17) is 10.5 Å². The van der Waals surface area contributed by atoms with Crippen molar-refractivity contribution in [2.45, 2.75) is 25.9 Å². The van der Waals surface area contributed by atoms with Crippen molar-refractivity contribution in [1.82, 2.24) is 4.90 Å². The number of nitrogens with two attached hydrogens (primary N) is 1. The smallest absolute Gasteiger partial charge is 0.0673 e. The van der Waals surface area contributed by atoms with Gasteiger partial charge < -0.3 is 15.4 Å². The van der Waals surface area contributed by atoms with Gasteiger partial charge in [0.25, 0.3) is 0 Å². The third-order valence-electron chi connectivity index (χ3n) is 2.21. The maximum atomic E-state index is 5.54. The monoisotopic (exact) mass is 172 g/mol. The lowest BCUT2D eigenvalue weighted by atomic mass is 10.3. The molecule has 12 heavy (non-hydrogen) atoms. The molecule has 0 radical (unpaired) electrons. The van der Waals surface area contributed by atoms with Crippen molar-refractivity contribution in [3.63, 3.8) is 0 Å². The fourth-order valence-corrected chi connectivity index (χ4v) is 1.60. The summed E-state index contributed by atoms with van der Waals surface area (Å²) in [6.07, 6.45) is 2.66. The summed E-state index contributed by atoms with van der Waals surface area (Å²) in [5.74, 6) is 0. The van der Waals surface area contributed by atoms with Crippen LogP contribution in [0, 0.1) is 0 Å². The Morgan fingerprint density at radius 1 is 1.58 bits per heavy atom. The zero-order chi connectivity index (χ0) is 8.81. The van der Waals surface area contributed by atoms with E-state index in [1.54, 1.807) is 0 Å². The normalized spacial score (nSPS) is 27.0. The van der Waals surface area contributed by atoms with Crippen LogP contribution in [-0.2, 0) is 4.74 Å². The standard InChI is InChI=1S/C9H20N2O/c1-9-8-11(5-2-4-10)6-3-7-12-9/h9H,2-8,10H2,1H3/t9-/m0/s1. The first kappa shape index (κ1) is 9.96. The van der Waals surface area contributed by atoms with Gasteiger partial charge in [0, 0.05) is 19.7 Å². The molecule has 0 aromatic carbocycles. The lowest BCUT2D eigenvalue weighted by Crippen LogP contribution is -2.32. The Hall–Kier alpha value is -0.120. The van der Waals surface area contributed by atoms with E-state index in [0.717, 1.165) is 39.1 Å². The fourth-order valence-electron chi connectivity index (χ4n) is 1.60. The number of hydrogen-bond acceptors (Lipinski definition) is 3. The molecule has 1 aliphatic heterocycles. The van der Waals surface area contributed by atoms with Crippen molar-refractivity contribution in [1.29, 1.82) is 0 Å². The van der Waals surface area contributed by atoms with Crippen LogP contribution in [0.25, 0.3) is 0 Å². The molecule has 1 heterocycles. The van der Waals surface area contributed by atoms with Crippen LogP contribution < -0.4 is 5.73 Å². The number of hydrogen-bond donors (Lipinski definition) is 1. The molecule has 0 unspecified atom stereocenters. The fraction of sp³-hybridized carbons (Fsp3) is 1.00. The highest BCUT2D eigenvalue weighted by molar-refractivity contribution is 4.66. The number of rotatable bonds is 3. The molecular formula is C9H20N2O. The Labute approximate surface area is 74.9 Å². The van der Waals surface area contributed by atoms with E-state index >= 15 is 0 Å². The predicted molar refractivity (Wildman–Crippen MR) is 50.1 cm³/mol. The quantitative estimate of drug-likeness (QED) is 0.671. The first-order chi connectivity index (χ1) is 5.83. The predicted octanol–water partition coefficient (Wildman–Crippen LogP) is 0.446. The second kappa shape index (κ2) is 5.51. The van der Waals surface area contributed by atoms with Gasteiger partial charge in [-0.3, -0.25) is 0 Å². The van der Waals surface area contributed by atoms with Crippen molar-refractivity contribution in [2.75, 3.05) is 32.8 Å². The summed E-state index contributed by atoms with van der Waals surface area (Å²) >= 11 is 0. The van der Waals surface area contributed by atoms with Gasteiger partial charge in [-0.1, -0.05) is 0 Å². The number of nitrogens with zero attached hydrogens (tertiary/aromatic N) is 1. The molecular weight excluding hydrogens is 152 g/mol. The first-order valence-corrected chi connectivity index (χ1v) is 4.87. The van der Waals surface area contributed by atoms with E-state index in [1.807, 2.05) is 0 Å². The van der Waals surface area contributed by atoms with E-state index in [2.05, 4.69) is 11.8 Å². The third kappa shape index (κ3) is 3.52. The van der Waals surface area contributed by atoms with Gasteiger partial charge >= 0.3 is 0 Å². The van der Waals surface area contributed by atoms with Crippen LogP contribution in [0.5, 0.6) is 0 Å². The highest BCUT2D eigenvalue weighted by atomic mass is 16.5. The van der Waals surface area contributed by atoms with Gasteiger partial charge in [-0.05, 0) is 32.9 Å². The Bertz CT molecular complexity index is 119. The van der Waals surface area contributed by atoms with Crippen LogP contribution >= 0.6 is 0 Å². The third-order valence-corrected chi connectivity index (χ3v) is 2.21. The highest BCUT2D eigenvalue weighted by Crippen LogP contribution is 2.05. The van der Waals surface area contributed by atoms with Crippen molar-refractivity contribution < 1.29 is 4.74 Å². The molecule has 1 atom stereocenters. The highest BCUT2D eigenvalue weighted by Gasteiger charge is 2.13. The van der Waals surface area contributed by atoms with Crippen LogP contribution in [-0.4, -0.2) is 43.8 Å². The van der Waals surface area contributed by atoms with Crippen LogP contribution in [0.15, 0.2) is 0 Å². The van der Waals surface area contributed by atoms with E-state index in [9.17, 15) is 0 Å². The molecule has 0 amide bonds. The van der Waals surface area contributed by atoms with Gasteiger partial charge in [-0.15, -0.1) is 0 Å². The van der Waals surface area contributed by atoms with Gasteiger partial charge in [0.1, 0.15) is 0 Å². The van der Waals surface area contributed by atoms with Gasteiger partial charge in [-0.2, -0.15) is 0 Å². The maximum Gasteiger partial charge on any atom is 0.0673 e. The molecule has 2 N–H and O–H groups in total. The molecule has 0 spiro atoms. The Kier molecular flexibility index (Phi) is 4.58. The van der Waals surface area contributed by atoms with E-state index in [1.165, 1.54) is 6.54 Å². The van der Waals surface area contributed by atoms with Gasteiger partial charge in [0.2, 0.25) is 0 Å². The summed E-state index contributed by atoms with van der Waals surface area (Å²) in [6, 6.07) is 0. The molecule has 1 fully saturated rings. The molecule has 1 aliphatic rings. The second-order valence-electron chi connectivity index (χ2n) is 3.48. The van der Waals surface area contributed by atoms with Crippen LogP contribution in [0.1, 0.15) is 19.8 Å². The lowest BCUT2D eigenvalue weighted by molar-refractivity contribution is 0.0677. The molecule has 1 rings (SSSR count). The SMILES string of the molecule is C[C@H]1CN(CCCN)CCCO1. The average molecular weight is 172 g/mol. The zero-order valence-corrected chi connectivity index (χ0v) is 7.96. The topological polar surface area (TPSA) is 38.5 Å². The Morgan fingerprint density at radius 2 is 2.42 bits per heavy atom. The first-order valence-electron chi connectivity index (χ1n) is 4.87. The van der Waals surface area contributed by atoms with E-state index < -0.39 is 0 Å². The molecule has 0 saturated carbocycles. The molecule has 0 bridgehead atoms. The molecule has 0 aliphatic carbocycles. The zero-order valence-electron chi connectivity index (χ0n) is 7.96. The van der Waals surface area contributed by atoms with Gasteiger partial charge in [0.15, 0.2) is 0 Å². The second-order valence-corrected chi connectivity index (χ2v) is 3.48. The summed E-state index contributed by atoms with van der Waals surface area (Å²) < 4.78 is 5.54. The van der Waals surface area contributed by atoms with Crippen molar-refractivity contribution in [3.05, 3.63) is 0 Å². The molecule has 0 aromatic rings. The molecule has 3 nitrogen and oxygen atoms in total. The van der Waals surface area contributed by atoms with Gasteiger partial charge in [0.05, 0.1) is 6.10 Å². The minimum atomic E-state index is 0.394. The molecule has 3 heteroatoms. The molecule has 0 aromatic heterocycles. The minimum Gasteiger partial charge on any atom is -0.377 e. The van der Waals surface area contributed by atoms with Crippen LogP contribution in [0.2, 0.25) is 0 Å². The molecule has 72 valence electrons. The summed E-state index contributed by atoms with van der Waals surface area (Å²) in [4.78, 5) is 2.45. The van der Waals surface area contributed by atoms with Crippen LogP contribution in [0.3, 0.4) is 0 Å². The maximum absolute atomic E-state index is 5.54. The van der Waals surface area contributed by atoms with Crippen LogP contribution in [0.4, 0.5) is 0 Å². The largest absolute Gasteiger partial charge is 0.377 e. The lowest BCUT2D eigenvalue weighted by Gasteiger charge is -2.20. The van der Waals surface area contributed by atoms with Crippen molar-refractivity contribution in [2.24, 2.45) is 5.73 Å². The van der Waals surface area contributed by atoms with E-state index in [0.29, 0.717) is 6.10 Å². The summed E-state index contributed by atoms with van der Waals surface area (Å²) in [5, 5.41) is 0. The molecule has 1 saturated heterocycles. The summed E-state index contributed by atoms with van der Waals surface area (Å²) in [7, 11) is 0. The summed E-state index contributed by atoms with van der Waals surface area (Å²) in [5.41, 5.74) is 5.46. The van der Waals surface area contributed by atoms with Crippen molar-refractivity contribution >= 4 is 0 Å². The summed E-state index contributed by atoms with van der Waals surface area (Å²) in [6.45, 7) is 7.22. The van der Waals surface area contributed by atoms with E-state index in [-0.39, 0.29) is 0 Å². The Morgan fingerprint density at radius 3 is 3.17 bits per heavy atom. The number of ether oxygens (including phenoxy) is 1. The Balaban J connectivity index is 2.21. The van der Waals surface area contributed by atoms with Crippen molar-refractivity contribution in [3.8, 4) is 0 Å². The average Bonchev–Trinajstić information content (AvgIpc) is 2.26.